The number of hydrogen-bond donors (Lipinski definition) is 1. The molecule has 0 atom stereocenters. The summed E-state index contributed by atoms with van der Waals surface area (Å²) in [6.45, 7) is 3.51. The molecule has 0 aromatic carbocycles. The molecule has 0 bridgehead atoms. The Bertz CT molecular complexity index is 111. The largest absolute Gasteiger partial charge is 0.510 e. The molecule has 0 amide bonds. The SMILES string of the molecule is CC(C)=COC(=O)O. The highest BCUT2D eigenvalue weighted by Crippen LogP contribution is 1.88. The quantitative estimate of drug-likeness (QED) is 0.418. The molecule has 0 aliphatic heterocycles. The fourth-order valence-corrected chi connectivity index (χ4v) is 0.168. The van der Waals surface area contributed by atoms with Gasteiger partial charge in [-0.05, 0) is 19.4 Å². The van der Waals surface area contributed by atoms with Gasteiger partial charge in [-0.25, -0.2) is 4.79 Å². The third-order valence-electron chi connectivity index (χ3n) is 0.395. The van der Waals surface area contributed by atoms with E-state index in [1.165, 1.54) is 6.26 Å². The fraction of sp³-hybridized carbons (Fsp3) is 0.400. The first-order valence-corrected chi connectivity index (χ1v) is 2.16. The third kappa shape index (κ3) is 5.01. The summed E-state index contributed by atoms with van der Waals surface area (Å²) in [6.07, 6.45) is -0.0892. The summed E-state index contributed by atoms with van der Waals surface area (Å²) in [5.74, 6) is 0. The van der Waals surface area contributed by atoms with E-state index in [0.29, 0.717) is 0 Å². The molecule has 0 aromatic rings. The van der Waals surface area contributed by atoms with Crippen molar-refractivity contribution >= 4 is 6.16 Å². The standard InChI is InChI=1S/C5H8O3/c1-4(2)3-8-5(6)7/h3H,1-2H3,(H,6,7). The number of ether oxygens (including phenoxy) is 1. The Balaban J connectivity index is 3.45. The maximum atomic E-state index is 9.64. The smallest absolute Gasteiger partial charge is 0.449 e. The van der Waals surface area contributed by atoms with Gasteiger partial charge in [-0.2, -0.15) is 0 Å². The fourth-order valence-electron chi connectivity index (χ4n) is 0.168. The Labute approximate surface area is 47.6 Å². The number of carbonyl (C=O) groups is 1. The molecular formula is C5H8O3. The molecule has 1 N–H and O–H groups in total. The number of hydrogen-bond acceptors (Lipinski definition) is 2. The van der Waals surface area contributed by atoms with E-state index < -0.39 is 6.16 Å². The van der Waals surface area contributed by atoms with Crippen LogP contribution in [0, 0.1) is 0 Å². The highest BCUT2D eigenvalue weighted by atomic mass is 16.7. The molecule has 0 unspecified atom stereocenters. The first kappa shape index (κ1) is 7.01. The van der Waals surface area contributed by atoms with Crippen LogP contribution in [0.2, 0.25) is 0 Å². The van der Waals surface area contributed by atoms with Crippen LogP contribution in [-0.2, 0) is 4.74 Å². The molecule has 0 saturated carbocycles. The second-order valence-corrected chi connectivity index (χ2v) is 1.58. The van der Waals surface area contributed by atoms with E-state index in [9.17, 15) is 4.79 Å². The third-order valence-corrected chi connectivity index (χ3v) is 0.395. The highest BCUT2D eigenvalue weighted by molar-refractivity contribution is 5.57. The van der Waals surface area contributed by atoms with Gasteiger partial charge in [-0.15, -0.1) is 0 Å². The van der Waals surface area contributed by atoms with Crippen LogP contribution in [0.1, 0.15) is 13.8 Å². The Kier molecular flexibility index (Phi) is 2.69. The van der Waals surface area contributed by atoms with Gasteiger partial charge >= 0.3 is 6.16 Å². The van der Waals surface area contributed by atoms with E-state index in [1.807, 2.05) is 0 Å². The van der Waals surface area contributed by atoms with Crippen molar-refractivity contribution < 1.29 is 14.6 Å². The molecule has 0 aliphatic carbocycles. The second kappa shape index (κ2) is 3.07. The van der Waals surface area contributed by atoms with Crippen molar-refractivity contribution in [3.63, 3.8) is 0 Å². The minimum atomic E-state index is -1.27. The van der Waals surface area contributed by atoms with E-state index in [2.05, 4.69) is 4.74 Å². The zero-order valence-corrected chi connectivity index (χ0v) is 4.84. The molecule has 0 aromatic heterocycles. The molecule has 46 valence electrons. The lowest BCUT2D eigenvalue weighted by Gasteiger charge is -1.88. The first-order valence-electron chi connectivity index (χ1n) is 2.16. The summed E-state index contributed by atoms with van der Waals surface area (Å²) in [4.78, 5) is 9.64. The summed E-state index contributed by atoms with van der Waals surface area (Å²) in [5, 5.41) is 7.90. The van der Waals surface area contributed by atoms with E-state index in [0.717, 1.165) is 5.57 Å². The van der Waals surface area contributed by atoms with Crippen LogP contribution in [0.25, 0.3) is 0 Å². The molecule has 0 radical (unpaired) electrons. The Morgan fingerprint density at radius 1 is 1.62 bits per heavy atom. The van der Waals surface area contributed by atoms with Crippen molar-refractivity contribution in [1.29, 1.82) is 0 Å². The van der Waals surface area contributed by atoms with Crippen molar-refractivity contribution in [2.24, 2.45) is 0 Å². The van der Waals surface area contributed by atoms with E-state index in [4.69, 9.17) is 5.11 Å². The van der Waals surface area contributed by atoms with Crippen molar-refractivity contribution in [3.05, 3.63) is 11.8 Å². The summed E-state index contributed by atoms with van der Waals surface area (Å²) in [7, 11) is 0. The Hall–Kier alpha value is -0.990. The zero-order chi connectivity index (χ0) is 6.57. The van der Waals surface area contributed by atoms with Crippen LogP contribution in [0.3, 0.4) is 0 Å². The highest BCUT2D eigenvalue weighted by Gasteiger charge is 1.88. The maximum absolute atomic E-state index is 9.64. The second-order valence-electron chi connectivity index (χ2n) is 1.58. The normalized spacial score (nSPS) is 7.75. The Morgan fingerprint density at radius 3 is 2.25 bits per heavy atom. The van der Waals surface area contributed by atoms with Crippen molar-refractivity contribution in [2.75, 3.05) is 0 Å². The van der Waals surface area contributed by atoms with Gasteiger partial charge in [-0.3, -0.25) is 0 Å². The molecule has 8 heavy (non-hydrogen) atoms. The van der Waals surface area contributed by atoms with Crippen LogP contribution < -0.4 is 0 Å². The predicted molar refractivity (Wildman–Crippen MR) is 28.5 cm³/mol. The van der Waals surface area contributed by atoms with E-state index >= 15 is 0 Å². The summed E-state index contributed by atoms with van der Waals surface area (Å²) < 4.78 is 4.06. The van der Waals surface area contributed by atoms with Gasteiger partial charge < -0.3 is 9.84 Å². The molecule has 0 rings (SSSR count). The van der Waals surface area contributed by atoms with Crippen LogP contribution in [-0.4, -0.2) is 11.3 Å². The predicted octanol–water partition coefficient (Wildman–Crippen LogP) is 1.60. The van der Waals surface area contributed by atoms with Gasteiger partial charge in [0.2, 0.25) is 0 Å². The molecule has 3 heteroatoms. The van der Waals surface area contributed by atoms with Crippen molar-refractivity contribution in [3.8, 4) is 0 Å². The first-order chi connectivity index (χ1) is 3.63. The van der Waals surface area contributed by atoms with Crippen LogP contribution in [0.15, 0.2) is 11.8 Å². The van der Waals surface area contributed by atoms with Crippen LogP contribution in [0.5, 0.6) is 0 Å². The summed E-state index contributed by atoms with van der Waals surface area (Å²) in [5.41, 5.74) is 0.826. The lowest BCUT2D eigenvalue weighted by Crippen LogP contribution is -1.91. The summed E-state index contributed by atoms with van der Waals surface area (Å²) in [6, 6.07) is 0. The van der Waals surface area contributed by atoms with Crippen LogP contribution >= 0.6 is 0 Å². The van der Waals surface area contributed by atoms with Crippen molar-refractivity contribution in [1.82, 2.24) is 0 Å². The average Bonchev–Trinajstić information content (AvgIpc) is 1.61. The van der Waals surface area contributed by atoms with Gasteiger partial charge in [-0.1, -0.05) is 0 Å². The molecule has 0 fully saturated rings. The van der Waals surface area contributed by atoms with E-state index in [-0.39, 0.29) is 0 Å². The van der Waals surface area contributed by atoms with Gasteiger partial charge in [0.05, 0.1) is 6.26 Å². The minimum Gasteiger partial charge on any atom is -0.449 e. The number of allylic oxidation sites excluding steroid dienone is 1. The lowest BCUT2D eigenvalue weighted by atomic mass is 10.4. The molecule has 0 heterocycles. The van der Waals surface area contributed by atoms with E-state index in [1.54, 1.807) is 13.8 Å². The number of carboxylic acid groups (broad SMARTS) is 1. The molecule has 3 nitrogen and oxygen atoms in total. The topological polar surface area (TPSA) is 46.5 Å². The van der Waals surface area contributed by atoms with Gasteiger partial charge in [0.1, 0.15) is 0 Å². The molecular weight excluding hydrogens is 108 g/mol. The van der Waals surface area contributed by atoms with Crippen LogP contribution in [0.4, 0.5) is 4.79 Å². The van der Waals surface area contributed by atoms with Gasteiger partial charge in [0, 0.05) is 0 Å². The minimum absolute atomic E-state index is 0.826. The van der Waals surface area contributed by atoms with Gasteiger partial charge in [0.15, 0.2) is 0 Å². The average molecular weight is 116 g/mol. The van der Waals surface area contributed by atoms with Gasteiger partial charge in [0.25, 0.3) is 0 Å². The monoisotopic (exact) mass is 116 g/mol. The summed E-state index contributed by atoms with van der Waals surface area (Å²) >= 11 is 0. The number of rotatable bonds is 1. The lowest BCUT2D eigenvalue weighted by molar-refractivity contribution is 0.127. The Morgan fingerprint density at radius 2 is 2.12 bits per heavy atom. The molecule has 0 aliphatic rings. The molecule has 0 spiro atoms. The molecule has 0 saturated heterocycles. The van der Waals surface area contributed by atoms with Crippen molar-refractivity contribution in [2.45, 2.75) is 13.8 Å². The zero-order valence-electron chi connectivity index (χ0n) is 4.84. The maximum Gasteiger partial charge on any atom is 0.510 e.